The number of fused-ring (bicyclic) bond motifs is 1. The van der Waals surface area contributed by atoms with Crippen molar-refractivity contribution in [3.63, 3.8) is 0 Å². The molecule has 4 amide bonds. The van der Waals surface area contributed by atoms with Gasteiger partial charge in [-0.3, -0.25) is 19.7 Å². The summed E-state index contributed by atoms with van der Waals surface area (Å²) in [5.41, 5.74) is 1.82. The van der Waals surface area contributed by atoms with E-state index in [1.165, 1.54) is 4.90 Å². The van der Waals surface area contributed by atoms with Crippen LogP contribution in [0.2, 0.25) is 0 Å². The van der Waals surface area contributed by atoms with Crippen LogP contribution in [0.5, 0.6) is 0 Å². The van der Waals surface area contributed by atoms with Gasteiger partial charge in [-0.25, -0.2) is 13.6 Å². The van der Waals surface area contributed by atoms with Gasteiger partial charge in [-0.05, 0) is 30.0 Å². The Morgan fingerprint density at radius 2 is 2.07 bits per heavy atom. The van der Waals surface area contributed by atoms with Crippen molar-refractivity contribution in [3.05, 3.63) is 34.9 Å². The van der Waals surface area contributed by atoms with E-state index in [9.17, 15) is 28.0 Å². The van der Waals surface area contributed by atoms with E-state index >= 15 is 0 Å². The lowest BCUT2D eigenvalue weighted by Gasteiger charge is -2.35. The molecule has 3 aliphatic rings. The number of nitrogens with zero attached hydrogens (tertiary/aromatic N) is 1. The molecule has 4 rings (SSSR count). The molecule has 0 aromatic heterocycles. The van der Waals surface area contributed by atoms with E-state index in [4.69, 9.17) is 4.74 Å². The Hall–Kier alpha value is -3.04. The molecule has 1 saturated heterocycles. The van der Waals surface area contributed by atoms with Crippen LogP contribution in [0.4, 0.5) is 13.6 Å². The minimum absolute atomic E-state index is 0.0683. The minimum atomic E-state index is -2.77. The maximum atomic E-state index is 13.2. The number of piperidine rings is 1. The lowest BCUT2D eigenvalue weighted by molar-refractivity contribution is -0.146. The molecule has 30 heavy (non-hydrogen) atoms. The van der Waals surface area contributed by atoms with E-state index in [1.54, 1.807) is 18.2 Å². The van der Waals surface area contributed by atoms with Gasteiger partial charge in [0.05, 0.1) is 5.92 Å². The van der Waals surface area contributed by atoms with E-state index in [1.807, 2.05) is 0 Å². The zero-order valence-electron chi connectivity index (χ0n) is 16.1. The average molecular weight is 421 g/mol. The van der Waals surface area contributed by atoms with Crippen LogP contribution in [0.25, 0.3) is 0 Å². The zero-order valence-corrected chi connectivity index (χ0v) is 16.1. The molecule has 0 radical (unpaired) electrons. The summed E-state index contributed by atoms with van der Waals surface area (Å²) >= 11 is 0. The molecule has 1 aromatic carbocycles. The summed E-state index contributed by atoms with van der Waals surface area (Å²) in [6.45, 7) is 0.00703. The summed E-state index contributed by atoms with van der Waals surface area (Å²) in [5, 5.41) is 4.74. The van der Waals surface area contributed by atoms with Crippen LogP contribution in [-0.4, -0.2) is 47.3 Å². The molecule has 2 aliphatic heterocycles. The molecule has 2 heterocycles. The van der Waals surface area contributed by atoms with E-state index in [-0.39, 0.29) is 50.8 Å². The van der Waals surface area contributed by atoms with Crippen molar-refractivity contribution in [2.24, 2.45) is 5.92 Å². The molecule has 1 aliphatic carbocycles. The van der Waals surface area contributed by atoms with Crippen LogP contribution >= 0.6 is 0 Å². The van der Waals surface area contributed by atoms with Crippen LogP contribution in [0, 0.1) is 5.92 Å². The van der Waals surface area contributed by atoms with Crippen LogP contribution in [-0.2, 0) is 27.4 Å². The van der Waals surface area contributed by atoms with E-state index in [2.05, 4.69) is 10.6 Å². The van der Waals surface area contributed by atoms with Gasteiger partial charge in [-0.1, -0.05) is 12.1 Å². The highest BCUT2D eigenvalue weighted by Crippen LogP contribution is 2.43. The van der Waals surface area contributed by atoms with Crippen LogP contribution in [0.1, 0.15) is 47.2 Å². The first kappa shape index (κ1) is 20.2. The maximum absolute atomic E-state index is 13.2. The SMILES string of the molecule is O=C1CCC(N2Cc3ccc(CNC(=O)OCC4CCC4(F)F)cc3C2=O)C(=O)N1. The topological polar surface area (TPSA) is 105 Å². The summed E-state index contributed by atoms with van der Waals surface area (Å²) in [5.74, 6) is -4.83. The largest absolute Gasteiger partial charge is 0.449 e. The molecule has 0 bridgehead atoms. The van der Waals surface area contributed by atoms with Crippen LogP contribution in [0.3, 0.4) is 0 Å². The van der Waals surface area contributed by atoms with Crippen LogP contribution < -0.4 is 10.6 Å². The first-order valence-electron chi connectivity index (χ1n) is 9.79. The van der Waals surface area contributed by atoms with Gasteiger partial charge in [0.15, 0.2) is 0 Å². The van der Waals surface area contributed by atoms with Crippen molar-refractivity contribution in [2.45, 2.75) is 50.7 Å². The summed E-state index contributed by atoms with van der Waals surface area (Å²) in [4.78, 5) is 49.4. The number of carbonyl (C=O) groups is 4. The fraction of sp³-hybridized carbons (Fsp3) is 0.500. The highest BCUT2D eigenvalue weighted by molar-refractivity contribution is 6.05. The number of carbonyl (C=O) groups excluding carboxylic acids is 4. The molecule has 8 nitrogen and oxygen atoms in total. The molecular weight excluding hydrogens is 400 g/mol. The Morgan fingerprint density at radius 3 is 2.73 bits per heavy atom. The summed E-state index contributed by atoms with van der Waals surface area (Å²) < 4.78 is 31.2. The van der Waals surface area contributed by atoms with Gasteiger partial charge in [-0.2, -0.15) is 0 Å². The number of nitrogens with one attached hydrogen (secondary N) is 2. The average Bonchev–Trinajstić information content (AvgIpc) is 3.01. The second-order valence-corrected chi connectivity index (χ2v) is 7.84. The van der Waals surface area contributed by atoms with Gasteiger partial charge in [0.25, 0.3) is 11.8 Å². The Bertz CT molecular complexity index is 920. The summed E-state index contributed by atoms with van der Waals surface area (Å²) in [7, 11) is 0. The molecule has 2 unspecified atom stereocenters. The molecule has 160 valence electrons. The van der Waals surface area contributed by atoms with E-state index in [0.717, 1.165) is 5.56 Å². The van der Waals surface area contributed by atoms with E-state index in [0.29, 0.717) is 17.5 Å². The van der Waals surface area contributed by atoms with E-state index < -0.39 is 29.9 Å². The third-order valence-electron chi connectivity index (χ3n) is 5.87. The highest BCUT2D eigenvalue weighted by atomic mass is 19.3. The van der Waals surface area contributed by atoms with Gasteiger partial charge < -0.3 is 15.0 Å². The fourth-order valence-corrected chi connectivity index (χ4v) is 3.89. The van der Waals surface area contributed by atoms with Crippen molar-refractivity contribution in [1.29, 1.82) is 0 Å². The quantitative estimate of drug-likeness (QED) is 0.705. The predicted molar refractivity (Wildman–Crippen MR) is 98.3 cm³/mol. The number of imide groups is 1. The summed E-state index contributed by atoms with van der Waals surface area (Å²) in [6.07, 6.45) is -0.182. The number of hydrogen-bond acceptors (Lipinski definition) is 5. The summed E-state index contributed by atoms with van der Waals surface area (Å²) in [6, 6.07) is 4.42. The molecule has 2 N–H and O–H groups in total. The third-order valence-corrected chi connectivity index (χ3v) is 5.87. The Morgan fingerprint density at radius 1 is 1.27 bits per heavy atom. The highest BCUT2D eigenvalue weighted by Gasteiger charge is 2.48. The number of alkyl halides is 2. The number of amides is 4. The second-order valence-electron chi connectivity index (χ2n) is 7.84. The van der Waals surface area contributed by atoms with Gasteiger partial charge in [-0.15, -0.1) is 0 Å². The van der Waals surface area contributed by atoms with Crippen molar-refractivity contribution >= 4 is 23.8 Å². The lowest BCUT2D eigenvalue weighted by atomic mass is 9.81. The molecular formula is C20H21F2N3O5. The first-order valence-corrected chi connectivity index (χ1v) is 9.79. The number of benzene rings is 1. The molecule has 1 aromatic rings. The zero-order chi connectivity index (χ0) is 21.5. The predicted octanol–water partition coefficient (Wildman–Crippen LogP) is 1.72. The van der Waals surface area contributed by atoms with Crippen molar-refractivity contribution < 1.29 is 32.7 Å². The molecule has 10 heteroatoms. The number of ether oxygens (including phenoxy) is 1. The monoisotopic (exact) mass is 421 g/mol. The van der Waals surface area contributed by atoms with Crippen molar-refractivity contribution in [2.75, 3.05) is 6.61 Å². The number of halogens is 2. The Kier molecular flexibility index (Phi) is 5.17. The maximum Gasteiger partial charge on any atom is 0.407 e. The van der Waals surface area contributed by atoms with Gasteiger partial charge in [0.2, 0.25) is 11.8 Å². The van der Waals surface area contributed by atoms with Crippen molar-refractivity contribution in [3.8, 4) is 0 Å². The fourth-order valence-electron chi connectivity index (χ4n) is 3.89. The standard InChI is InChI=1S/C20H21F2N3O5/c21-20(22)6-5-13(20)10-30-19(29)23-8-11-1-2-12-9-25(18(28)14(12)7-11)15-3-4-16(26)24-17(15)27/h1-2,7,13,15H,3-6,8-10H2,(H,23,29)(H,24,26,27). The normalized spacial score (nSPS) is 24.7. The van der Waals surface area contributed by atoms with Gasteiger partial charge in [0.1, 0.15) is 12.6 Å². The molecule has 1 saturated carbocycles. The lowest BCUT2D eigenvalue weighted by Crippen LogP contribution is -2.52. The van der Waals surface area contributed by atoms with Gasteiger partial charge >= 0.3 is 6.09 Å². The second kappa shape index (κ2) is 7.66. The number of rotatable bonds is 5. The molecule has 2 atom stereocenters. The molecule has 2 fully saturated rings. The first-order chi connectivity index (χ1) is 14.2. The van der Waals surface area contributed by atoms with Crippen LogP contribution in [0.15, 0.2) is 18.2 Å². The smallest absolute Gasteiger partial charge is 0.407 e. The molecule has 0 spiro atoms. The number of hydrogen-bond donors (Lipinski definition) is 2. The Balaban J connectivity index is 1.32. The minimum Gasteiger partial charge on any atom is -0.449 e. The van der Waals surface area contributed by atoms with Gasteiger partial charge in [0, 0.05) is 31.5 Å². The number of alkyl carbamates (subject to hydrolysis) is 1. The Labute approximate surface area is 170 Å². The van der Waals surface area contributed by atoms with Crippen molar-refractivity contribution in [1.82, 2.24) is 15.5 Å². The third kappa shape index (κ3) is 3.86.